The summed E-state index contributed by atoms with van der Waals surface area (Å²) >= 11 is 0. The Labute approximate surface area is 113 Å². The first kappa shape index (κ1) is 12.1. The number of aromatic nitrogens is 2. The molecule has 1 saturated heterocycles. The lowest BCUT2D eigenvalue weighted by Gasteiger charge is -2.16. The molecule has 0 aliphatic carbocycles. The van der Waals surface area contributed by atoms with Crippen LogP contribution in [0.2, 0.25) is 0 Å². The minimum Gasteiger partial charge on any atom is -0.354 e. The van der Waals surface area contributed by atoms with Crippen LogP contribution < -0.4 is 10.2 Å². The molecule has 0 spiro atoms. The first-order chi connectivity index (χ1) is 9.36. The number of nitrogens with one attached hydrogen (secondary N) is 1. The quantitative estimate of drug-likeness (QED) is 0.909. The number of nitrogens with zero attached hydrogens (tertiary/aromatic N) is 3. The van der Waals surface area contributed by atoms with E-state index in [-0.39, 0.29) is 0 Å². The number of hydrogen-bond donors (Lipinski definition) is 1. The first-order valence-corrected chi connectivity index (χ1v) is 6.68. The van der Waals surface area contributed by atoms with E-state index in [2.05, 4.69) is 38.6 Å². The van der Waals surface area contributed by atoms with Gasteiger partial charge in [-0.05, 0) is 25.6 Å². The summed E-state index contributed by atoms with van der Waals surface area (Å²) < 4.78 is 0. The zero-order chi connectivity index (χ0) is 13.1. The van der Waals surface area contributed by atoms with Crippen LogP contribution in [0.15, 0.2) is 42.5 Å². The van der Waals surface area contributed by atoms with Crippen LogP contribution in [0.5, 0.6) is 0 Å². The van der Waals surface area contributed by atoms with E-state index in [1.807, 2.05) is 31.3 Å². The summed E-state index contributed by atoms with van der Waals surface area (Å²) in [5, 5.41) is 12.0. The third-order valence-electron chi connectivity index (χ3n) is 3.64. The van der Waals surface area contributed by atoms with Crippen molar-refractivity contribution < 1.29 is 0 Å². The van der Waals surface area contributed by atoms with Gasteiger partial charge >= 0.3 is 0 Å². The number of likely N-dealkylation sites (N-methyl/N-ethyl adjacent to an activating group) is 1. The molecule has 2 aromatic rings. The minimum absolute atomic E-state index is 0.565. The maximum absolute atomic E-state index is 4.35. The van der Waals surface area contributed by atoms with Gasteiger partial charge in [0, 0.05) is 24.7 Å². The molecule has 1 aromatic heterocycles. The fraction of sp³-hybridized carbons (Fsp3) is 0.333. The van der Waals surface area contributed by atoms with Crippen LogP contribution in [0.25, 0.3) is 11.3 Å². The molecule has 98 valence electrons. The maximum atomic E-state index is 4.35. The third kappa shape index (κ3) is 2.58. The SMILES string of the molecule is CNC1CCN(c2ccc(-c3ccccc3)nn2)C1. The van der Waals surface area contributed by atoms with Gasteiger partial charge in [0.15, 0.2) is 5.82 Å². The maximum Gasteiger partial charge on any atom is 0.151 e. The molecule has 1 N–H and O–H groups in total. The van der Waals surface area contributed by atoms with Crippen LogP contribution in [-0.4, -0.2) is 36.4 Å². The van der Waals surface area contributed by atoms with Crippen molar-refractivity contribution in [1.29, 1.82) is 0 Å². The monoisotopic (exact) mass is 254 g/mol. The number of anilines is 1. The number of benzene rings is 1. The molecular weight excluding hydrogens is 236 g/mol. The Balaban J connectivity index is 1.76. The first-order valence-electron chi connectivity index (χ1n) is 6.68. The van der Waals surface area contributed by atoms with Gasteiger partial charge in [0.2, 0.25) is 0 Å². The van der Waals surface area contributed by atoms with Gasteiger partial charge in [-0.3, -0.25) is 0 Å². The molecule has 1 unspecified atom stereocenters. The molecule has 3 rings (SSSR count). The number of hydrogen-bond acceptors (Lipinski definition) is 4. The van der Waals surface area contributed by atoms with Gasteiger partial charge < -0.3 is 10.2 Å². The zero-order valence-electron chi connectivity index (χ0n) is 11.1. The fourth-order valence-electron chi connectivity index (χ4n) is 2.46. The molecule has 0 amide bonds. The standard InChI is InChI=1S/C15H18N4/c1-16-13-9-10-19(11-13)15-8-7-14(17-18-15)12-5-3-2-4-6-12/h2-8,13,16H,9-11H2,1H3. The average molecular weight is 254 g/mol. The summed E-state index contributed by atoms with van der Waals surface area (Å²) in [5.41, 5.74) is 2.03. The van der Waals surface area contributed by atoms with E-state index < -0.39 is 0 Å². The summed E-state index contributed by atoms with van der Waals surface area (Å²) in [6.45, 7) is 2.06. The molecule has 1 atom stereocenters. The van der Waals surface area contributed by atoms with Gasteiger partial charge in [0.05, 0.1) is 5.69 Å². The average Bonchev–Trinajstić information content (AvgIpc) is 2.97. The van der Waals surface area contributed by atoms with Crippen molar-refractivity contribution in [3.63, 3.8) is 0 Å². The molecule has 1 fully saturated rings. The fourth-order valence-corrected chi connectivity index (χ4v) is 2.46. The van der Waals surface area contributed by atoms with Gasteiger partial charge in [0.1, 0.15) is 0 Å². The molecule has 2 heterocycles. The lowest BCUT2D eigenvalue weighted by atomic mass is 10.1. The van der Waals surface area contributed by atoms with Crippen molar-refractivity contribution in [1.82, 2.24) is 15.5 Å². The largest absolute Gasteiger partial charge is 0.354 e. The Bertz CT molecular complexity index is 524. The molecule has 1 aliphatic rings. The van der Waals surface area contributed by atoms with E-state index in [9.17, 15) is 0 Å². The second-order valence-electron chi connectivity index (χ2n) is 4.86. The van der Waals surface area contributed by atoms with Crippen LogP contribution in [0.3, 0.4) is 0 Å². The summed E-state index contributed by atoms with van der Waals surface area (Å²) in [5.74, 6) is 0.970. The lowest BCUT2D eigenvalue weighted by Crippen LogP contribution is -2.29. The number of rotatable bonds is 3. The molecule has 0 saturated carbocycles. The lowest BCUT2D eigenvalue weighted by molar-refractivity contribution is 0.616. The second-order valence-corrected chi connectivity index (χ2v) is 4.86. The highest BCUT2D eigenvalue weighted by molar-refractivity contribution is 5.59. The van der Waals surface area contributed by atoms with Gasteiger partial charge in [-0.2, -0.15) is 0 Å². The Morgan fingerprint density at radius 1 is 1.11 bits per heavy atom. The van der Waals surface area contributed by atoms with Gasteiger partial charge in [-0.1, -0.05) is 30.3 Å². The Morgan fingerprint density at radius 3 is 2.58 bits per heavy atom. The summed E-state index contributed by atoms with van der Waals surface area (Å²) in [7, 11) is 2.01. The zero-order valence-corrected chi connectivity index (χ0v) is 11.1. The Kier molecular flexibility index (Phi) is 3.42. The molecule has 4 heteroatoms. The van der Waals surface area contributed by atoms with E-state index in [1.54, 1.807) is 0 Å². The van der Waals surface area contributed by atoms with E-state index in [0.29, 0.717) is 6.04 Å². The van der Waals surface area contributed by atoms with Crippen LogP contribution in [-0.2, 0) is 0 Å². The summed E-state index contributed by atoms with van der Waals surface area (Å²) in [4.78, 5) is 2.28. The Morgan fingerprint density at radius 2 is 1.95 bits per heavy atom. The van der Waals surface area contributed by atoms with Gasteiger partial charge in [0.25, 0.3) is 0 Å². The topological polar surface area (TPSA) is 41.0 Å². The highest BCUT2D eigenvalue weighted by atomic mass is 15.3. The molecule has 0 bridgehead atoms. The van der Waals surface area contributed by atoms with Crippen molar-refractivity contribution in [2.45, 2.75) is 12.5 Å². The van der Waals surface area contributed by atoms with Crippen LogP contribution in [0.4, 0.5) is 5.82 Å². The Hall–Kier alpha value is -1.94. The van der Waals surface area contributed by atoms with Gasteiger partial charge in [-0.25, -0.2) is 0 Å². The summed E-state index contributed by atoms with van der Waals surface area (Å²) in [6.07, 6.45) is 1.17. The molecule has 1 aliphatic heterocycles. The normalized spacial score (nSPS) is 18.8. The van der Waals surface area contributed by atoms with Crippen molar-refractivity contribution in [3.8, 4) is 11.3 Å². The van der Waals surface area contributed by atoms with Crippen molar-refractivity contribution >= 4 is 5.82 Å². The van der Waals surface area contributed by atoms with E-state index in [1.165, 1.54) is 6.42 Å². The molecule has 19 heavy (non-hydrogen) atoms. The predicted molar refractivity (Wildman–Crippen MR) is 77.1 cm³/mol. The van der Waals surface area contributed by atoms with Gasteiger partial charge in [-0.15, -0.1) is 10.2 Å². The van der Waals surface area contributed by atoms with Crippen LogP contribution in [0.1, 0.15) is 6.42 Å². The predicted octanol–water partition coefficient (Wildman–Crippen LogP) is 1.94. The van der Waals surface area contributed by atoms with E-state index in [4.69, 9.17) is 0 Å². The third-order valence-corrected chi connectivity index (χ3v) is 3.64. The summed E-state index contributed by atoms with van der Waals surface area (Å²) in [6, 6.07) is 14.8. The van der Waals surface area contributed by atoms with Crippen molar-refractivity contribution in [2.75, 3.05) is 25.0 Å². The smallest absolute Gasteiger partial charge is 0.151 e. The van der Waals surface area contributed by atoms with Crippen molar-refractivity contribution in [2.24, 2.45) is 0 Å². The van der Waals surface area contributed by atoms with Crippen molar-refractivity contribution in [3.05, 3.63) is 42.5 Å². The molecule has 4 nitrogen and oxygen atoms in total. The van der Waals surface area contributed by atoms with E-state index >= 15 is 0 Å². The van der Waals surface area contributed by atoms with E-state index in [0.717, 1.165) is 30.2 Å². The highest BCUT2D eigenvalue weighted by Gasteiger charge is 2.22. The molecular formula is C15H18N4. The highest BCUT2D eigenvalue weighted by Crippen LogP contribution is 2.20. The molecule has 1 aromatic carbocycles. The minimum atomic E-state index is 0.565. The van der Waals surface area contributed by atoms with Crippen LogP contribution >= 0.6 is 0 Å². The molecule has 0 radical (unpaired) electrons. The second kappa shape index (κ2) is 5.36. The van der Waals surface area contributed by atoms with Crippen LogP contribution in [0, 0.1) is 0 Å².